The van der Waals surface area contributed by atoms with Crippen molar-refractivity contribution in [2.75, 3.05) is 20.1 Å². The Balaban J connectivity index is 1.89. The highest BCUT2D eigenvalue weighted by Crippen LogP contribution is 2.36. The summed E-state index contributed by atoms with van der Waals surface area (Å²) in [6.07, 6.45) is 3.78. The summed E-state index contributed by atoms with van der Waals surface area (Å²) >= 11 is 5.97. The summed E-state index contributed by atoms with van der Waals surface area (Å²) in [6, 6.07) is 6.92. The molecule has 1 heterocycles. The lowest BCUT2D eigenvalue weighted by Gasteiger charge is -2.36. The molecule has 4 nitrogen and oxygen atoms in total. The predicted octanol–water partition coefficient (Wildman–Crippen LogP) is 2.59. The minimum atomic E-state index is -3.45. The van der Waals surface area contributed by atoms with Crippen LogP contribution in [0.5, 0.6) is 0 Å². The largest absolute Gasteiger partial charge is 0.306 e. The van der Waals surface area contributed by atoms with E-state index in [0.717, 1.165) is 38.8 Å². The first-order valence-electron chi connectivity index (χ1n) is 7.46. The maximum absolute atomic E-state index is 13.0. The molecule has 3 rings (SSSR count). The molecule has 0 N–H and O–H groups in total. The number of likely N-dealkylation sites (tertiary alicyclic amines) is 1. The molecule has 21 heavy (non-hydrogen) atoms. The second kappa shape index (κ2) is 5.88. The average Bonchev–Trinajstić information content (AvgIpc) is 3.26. The smallest absolute Gasteiger partial charge is 0.243 e. The van der Waals surface area contributed by atoms with E-state index in [4.69, 9.17) is 11.6 Å². The fourth-order valence-corrected chi connectivity index (χ4v) is 5.25. The third-order valence-electron chi connectivity index (χ3n) is 4.33. The van der Waals surface area contributed by atoms with Crippen molar-refractivity contribution in [3.8, 4) is 0 Å². The molecule has 1 saturated heterocycles. The molecule has 1 aromatic rings. The Labute approximate surface area is 131 Å². The third kappa shape index (κ3) is 3.26. The van der Waals surface area contributed by atoms with Crippen molar-refractivity contribution in [2.24, 2.45) is 0 Å². The lowest BCUT2D eigenvalue weighted by atomic mass is 10.1. The van der Waals surface area contributed by atoms with E-state index in [2.05, 4.69) is 11.9 Å². The van der Waals surface area contributed by atoms with Crippen LogP contribution in [0.25, 0.3) is 0 Å². The van der Waals surface area contributed by atoms with Crippen molar-refractivity contribution in [3.05, 3.63) is 29.3 Å². The van der Waals surface area contributed by atoms with Gasteiger partial charge in [-0.25, -0.2) is 8.42 Å². The van der Waals surface area contributed by atoms with Gasteiger partial charge in [0.2, 0.25) is 10.0 Å². The van der Waals surface area contributed by atoms with Gasteiger partial charge in [-0.2, -0.15) is 4.31 Å². The summed E-state index contributed by atoms with van der Waals surface area (Å²) in [5, 5.41) is 0.468. The Morgan fingerprint density at radius 2 is 1.76 bits per heavy atom. The van der Waals surface area contributed by atoms with Crippen LogP contribution >= 0.6 is 11.6 Å². The van der Waals surface area contributed by atoms with Gasteiger partial charge in [-0.05, 0) is 64.0 Å². The molecule has 6 heteroatoms. The summed E-state index contributed by atoms with van der Waals surface area (Å²) in [7, 11) is -1.36. The molecule has 0 atom stereocenters. The van der Waals surface area contributed by atoms with E-state index in [1.807, 2.05) is 0 Å². The van der Waals surface area contributed by atoms with Crippen LogP contribution in [0.15, 0.2) is 29.2 Å². The molecule has 116 valence electrons. The quantitative estimate of drug-likeness (QED) is 0.853. The zero-order valence-corrected chi connectivity index (χ0v) is 13.8. The zero-order valence-electron chi connectivity index (χ0n) is 12.2. The molecule has 1 aliphatic carbocycles. The van der Waals surface area contributed by atoms with Crippen LogP contribution < -0.4 is 0 Å². The van der Waals surface area contributed by atoms with E-state index >= 15 is 0 Å². The van der Waals surface area contributed by atoms with Gasteiger partial charge in [0.15, 0.2) is 0 Å². The summed E-state index contributed by atoms with van der Waals surface area (Å²) in [6.45, 7) is 1.91. The summed E-state index contributed by atoms with van der Waals surface area (Å²) in [4.78, 5) is 2.58. The first-order chi connectivity index (χ1) is 9.98. The standard InChI is InChI=1S/C15H21ClN2O2S/c1-17-9-7-14(8-10-17)18(13-5-6-13)21(19,20)15-4-2-3-12(16)11-15/h2-4,11,13-14H,5-10H2,1H3. The van der Waals surface area contributed by atoms with Crippen molar-refractivity contribution in [1.82, 2.24) is 9.21 Å². The second-order valence-electron chi connectivity index (χ2n) is 6.06. The van der Waals surface area contributed by atoms with E-state index in [-0.39, 0.29) is 12.1 Å². The van der Waals surface area contributed by atoms with Gasteiger partial charge in [0, 0.05) is 17.1 Å². The van der Waals surface area contributed by atoms with Gasteiger partial charge in [-0.15, -0.1) is 0 Å². The molecule has 2 aliphatic rings. The highest BCUT2D eigenvalue weighted by molar-refractivity contribution is 7.89. The Kier molecular flexibility index (Phi) is 4.28. The number of hydrogen-bond acceptors (Lipinski definition) is 3. The Hall–Kier alpha value is -0.620. The van der Waals surface area contributed by atoms with Crippen molar-refractivity contribution < 1.29 is 8.42 Å². The summed E-state index contributed by atoms with van der Waals surface area (Å²) < 4.78 is 27.8. The van der Waals surface area contributed by atoms with Gasteiger partial charge in [0.05, 0.1) is 4.90 Å². The molecule has 0 unspecified atom stereocenters. The Morgan fingerprint density at radius 3 is 2.33 bits per heavy atom. The Morgan fingerprint density at radius 1 is 1.14 bits per heavy atom. The van der Waals surface area contributed by atoms with Crippen molar-refractivity contribution in [1.29, 1.82) is 0 Å². The third-order valence-corrected chi connectivity index (χ3v) is 6.56. The zero-order chi connectivity index (χ0) is 15.0. The molecule has 1 aliphatic heterocycles. The highest BCUT2D eigenvalue weighted by Gasteiger charge is 2.43. The number of sulfonamides is 1. The minimum absolute atomic E-state index is 0.123. The van der Waals surface area contributed by atoms with Crippen LogP contribution in [0.4, 0.5) is 0 Å². The maximum Gasteiger partial charge on any atom is 0.243 e. The van der Waals surface area contributed by atoms with Crippen molar-refractivity contribution in [3.63, 3.8) is 0 Å². The van der Waals surface area contributed by atoms with E-state index in [9.17, 15) is 8.42 Å². The van der Waals surface area contributed by atoms with Gasteiger partial charge in [0.25, 0.3) is 0 Å². The number of nitrogens with zero attached hydrogens (tertiary/aromatic N) is 2. The predicted molar refractivity (Wildman–Crippen MR) is 84.0 cm³/mol. The van der Waals surface area contributed by atoms with Gasteiger partial charge < -0.3 is 4.90 Å². The van der Waals surface area contributed by atoms with Crippen LogP contribution in [-0.2, 0) is 10.0 Å². The van der Waals surface area contributed by atoms with Crippen molar-refractivity contribution in [2.45, 2.75) is 42.7 Å². The van der Waals surface area contributed by atoms with Crippen LogP contribution in [0.1, 0.15) is 25.7 Å². The average molecular weight is 329 g/mol. The van der Waals surface area contributed by atoms with Crippen LogP contribution in [0.2, 0.25) is 5.02 Å². The first kappa shape index (κ1) is 15.3. The summed E-state index contributed by atoms with van der Waals surface area (Å²) in [5.74, 6) is 0. The van der Waals surface area contributed by atoms with E-state index in [1.165, 1.54) is 0 Å². The van der Waals surface area contributed by atoms with E-state index in [0.29, 0.717) is 9.92 Å². The molecule has 0 bridgehead atoms. The number of piperidine rings is 1. The minimum Gasteiger partial charge on any atom is -0.306 e. The molecule has 2 fully saturated rings. The molecule has 1 saturated carbocycles. The lowest BCUT2D eigenvalue weighted by Crippen LogP contribution is -2.47. The van der Waals surface area contributed by atoms with Crippen molar-refractivity contribution >= 4 is 21.6 Å². The number of halogens is 1. The molecule has 1 aromatic carbocycles. The summed E-state index contributed by atoms with van der Waals surface area (Å²) in [5.41, 5.74) is 0. The highest BCUT2D eigenvalue weighted by atomic mass is 35.5. The van der Waals surface area contributed by atoms with E-state index in [1.54, 1.807) is 28.6 Å². The fourth-order valence-electron chi connectivity index (χ4n) is 3.02. The van der Waals surface area contributed by atoms with Gasteiger partial charge in [-0.1, -0.05) is 17.7 Å². The fraction of sp³-hybridized carbons (Fsp3) is 0.600. The number of rotatable bonds is 4. The van der Waals surface area contributed by atoms with E-state index < -0.39 is 10.0 Å². The topological polar surface area (TPSA) is 40.6 Å². The monoisotopic (exact) mass is 328 g/mol. The molecule has 0 radical (unpaired) electrons. The molecule has 0 spiro atoms. The Bertz CT molecular complexity index is 608. The normalized spacial score (nSPS) is 21.9. The number of benzene rings is 1. The van der Waals surface area contributed by atoms with Gasteiger partial charge >= 0.3 is 0 Å². The lowest BCUT2D eigenvalue weighted by molar-refractivity contribution is 0.178. The SMILES string of the molecule is CN1CCC(N(C2CC2)S(=O)(=O)c2cccc(Cl)c2)CC1. The van der Waals surface area contributed by atoms with Crippen LogP contribution in [0, 0.1) is 0 Å². The molecular weight excluding hydrogens is 308 g/mol. The van der Waals surface area contributed by atoms with Crippen LogP contribution in [0.3, 0.4) is 0 Å². The molecular formula is C15H21ClN2O2S. The molecule has 0 aromatic heterocycles. The molecule has 0 amide bonds. The second-order valence-corrected chi connectivity index (χ2v) is 8.34. The van der Waals surface area contributed by atoms with Gasteiger partial charge in [0.1, 0.15) is 0 Å². The maximum atomic E-state index is 13.0. The first-order valence-corrected chi connectivity index (χ1v) is 9.28. The number of hydrogen-bond donors (Lipinski definition) is 0. The van der Waals surface area contributed by atoms with Gasteiger partial charge in [-0.3, -0.25) is 0 Å². The van der Waals surface area contributed by atoms with Crippen LogP contribution in [-0.4, -0.2) is 49.8 Å².